The Balaban J connectivity index is 2.71. The van der Waals surface area contributed by atoms with Gasteiger partial charge in [-0.25, -0.2) is 8.42 Å². The van der Waals surface area contributed by atoms with Crippen LogP contribution < -0.4 is 5.32 Å². The number of hydrogen-bond donors (Lipinski definition) is 1. The minimum absolute atomic E-state index is 0.133. The molecule has 1 unspecified atom stereocenters. The van der Waals surface area contributed by atoms with Gasteiger partial charge in [0.15, 0.2) is 0 Å². The van der Waals surface area contributed by atoms with E-state index in [1.54, 1.807) is 7.05 Å². The summed E-state index contributed by atoms with van der Waals surface area (Å²) < 4.78 is 22.4. The number of rotatable bonds is 8. The highest BCUT2D eigenvalue weighted by atomic mass is 32.2. The Hall–Kier alpha value is -1.42. The topological polar surface area (TPSA) is 73.2 Å². The first-order valence-electron chi connectivity index (χ1n) is 6.85. The molecule has 0 saturated carbocycles. The lowest BCUT2D eigenvalue weighted by Gasteiger charge is -2.29. The first-order valence-corrected chi connectivity index (χ1v) is 8.91. The first-order chi connectivity index (χ1) is 9.83. The highest BCUT2D eigenvalue weighted by Crippen LogP contribution is 2.24. The minimum Gasteiger partial charge on any atom is -0.305 e. The van der Waals surface area contributed by atoms with Crippen molar-refractivity contribution in [2.24, 2.45) is 0 Å². The van der Waals surface area contributed by atoms with Crippen LogP contribution in [0.25, 0.3) is 0 Å². The van der Waals surface area contributed by atoms with Gasteiger partial charge in [0.25, 0.3) is 0 Å². The van der Waals surface area contributed by atoms with Crippen molar-refractivity contribution < 1.29 is 8.42 Å². The Morgan fingerprint density at radius 1 is 1.29 bits per heavy atom. The van der Waals surface area contributed by atoms with Crippen molar-refractivity contribution in [2.75, 3.05) is 39.2 Å². The van der Waals surface area contributed by atoms with Gasteiger partial charge in [0.2, 0.25) is 0 Å². The molecule has 0 radical (unpaired) electrons. The van der Waals surface area contributed by atoms with Crippen LogP contribution in [0.5, 0.6) is 0 Å². The predicted octanol–water partition coefficient (Wildman–Crippen LogP) is 0.991. The molecule has 0 aromatic heterocycles. The van der Waals surface area contributed by atoms with Gasteiger partial charge in [-0.15, -0.1) is 0 Å². The molecule has 5 nitrogen and oxygen atoms in total. The molecule has 0 bridgehead atoms. The summed E-state index contributed by atoms with van der Waals surface area (Å²) in [6.07, 6.45) is 1.82. The third-order valence-electron chi connectivity index (χ3n) is 3.60. The molecule has 1 atom stereocenters. The normalized spacial score (nSPS) is 14.6. The summed E-state index contributed by atoms with van der Waals surface area (Å²) in [5.74, 6) is 0.133. The maximum absolute atomic E-state index is 11.2. The van der Waals surface area contributed by atoms with Crippen LogP contribution >= 0.6 is 0 Å². The summed E-state index contributed by atoms with van der Waals surface area (Å²) in [5.41, 5.74) is 0.173. The molecule has 1 N–H and O–H groups in total. The molecule has 0 saturated heterocycles. The summed E-state index contributed by atoms with van der Waals surface area (Å²) in [5, 5.41) is 12.7. The number of nitrogens with zero attached hydrogens (tertiary/aromatic N) is 2. The van der Waals surface area contributed by atoms with Crippen LogP contribution in [0.2, 0.25) is 0 Å². The Bertz CT molecular complexity index is 581. The van der Waals surface area contributed by atoms with Gasteiger partial charge in [0, 0.05) is 19.3 Å². The van der Waals surface area contributed by atoms with E-state index in [4.69, 9.17) is 0 Å². The maximum Gasteiger partial charge on any atom is 0.148 e. The molecule has 0 aliphatic heterocycles. The summed E-state index contributed by atoms with van der Waals surface area (Å²) >= 11 is 0. The van der Waals surface area contributed by atoms with E-state index in [9.17, 15) is 13.7 Å². The number of nitriles is 1. The van der Waals surface area contributed by atoms with E-state index < -0.39 is 15.4 Å². The number of nitrogens with one attached hydrogen (secondary N) is 1. The molecular weight excluding hydrogens is 286 g/mol. The molecule has 0 spiro atoms. The van der Waals surface area contributed by atoms with Crippen molar-refractivity contribution in [1.82, 2.24) is 10.2 Å². The van der Waals surface area contributed by atoms with Gasteiger partial charge in [-0.2, -0.15) is 5.26 Å². The molecule has 0 fully saturated rings. The van der Waals surface area contributed by atoms with Crippen LogP contribution in [0.3, 0.4) is 0 Å². The fraction of sp³-hybridized carbons (Fsp3) is 0.533. The van der Waals surface area contributed by atoms with E-state index in [2.05, 4.69) is 11.4 Å². The van der Waals surface area contributed by atoms with Crippen molar-refractivity contribution in [1.29, 1.82) is 5.26 Å². The predicted molar refractivity (Wildman–Crippen MR) is 84.6 cm³/mol. The molecule has 0 aliphatic rings. The van der Waals surface area contributed by atoms with Gasteiger partial charge in [-0.3, -0.25) is 5.32 Å². The Morgan fingerprint density at radius 3 is 2.38 bits per heavy atom. The highest BCUT2D eigenvalue weighted by molar-refractivity contribution is 7.90. The lowest BCUT2D eigenvalue weighted by molar-refractivity contribution is 0.299. The average molecular weight is 309 g/mol. The van der Waals surface area contributed by atoms with Gasteiger partial charge >= 0.3 is 0 Å². The molecule has 1 aromatic rings. The van der Waals surface area contributed by atoms with Gasteiger partial charge in [-0.1, -0.05) is 30.3 Å². The third kappa shape index (κ3) is 5.46. The van der Waals surface area contributed by atoms with E-state index in [0.717, 1.165) is 5.56 Å². The monoisotopic (exact) mass is 309 g/mol. The maximum atomic E-state index is 11.2. The van der Waals surface area contributed by atoms with E-state index in [-0.39, 0.29) is 5.75 Å². The van der Waals surface area contributed by atoms with Crippen LogP contribution in [0, 0.1) is 11.3 Å². The minimum atomic E-state index is -2.96. The summed E-state index contributed by atoms with van der Waals surface area (Å²) in [6, 6.07) is 11.9. The Kier molecular flexibility index (Phi) is 6.34. The lowest BCUT2D eigenvalue weighted by atomic mass is 9.88. The zero-order valence-electron chi connectivity index (χ0n) is 12.8. The summed E-state index contributed by atoms with van der Waals surface area (Å²) in [7, 11) is 0.681. The molecule has 0 amide bonds. The van der Waals surface area contributed by atoms with E-state index in [1.807, 2.05) is 42.3 Å². The van der Waals surface area contributed by atoms with Gasteiger partial charge < -0.3 is 4.90 Å². The molecule has 0 aliphatic carbocycles. The smallest absolute Gasteiger partial charge is 0.148 e. The van der Waals surface area contributed by atoms with Crippen molar-refractivity contribution in [3.05, 3.63) is 35.9 Å². The average Bonchev–Trinajstić information content (AvgIpc) is 2.47. The number of sulfone groups is 1. The van der Waals surface area contributed by atoms with Gasteiger partial charge in [0.05, 0.1) is 11.8 Å². The second kappa shape index (κ2) is 7.55. The number of benzene rings is 1. The Labute approximate surface area is 127 Å². The van der Waals surface area contributed by atoms with Gasteiger partial charge in [-0.05, 0) is 26.1 Å². The largest absolute Gasteiger partial charge is 0.305 e. The first kappa shape index (κ1) is 17.6. The van der Waals surface area contributed by atoms with Crippen LogP contribution in [-0.2, 0) is 15.4 Å². The lowest BCUT2D eigenvalue weighted by Crippen LogP contribution is -2.42. The molecule has 1 aromatic carbocycles. The summed E-state index contributed by atoms with van der Waals surface area (Å²) in [6.45, 7) is 1.11. The second-order valence-electron chi connectivity index (χ2n) is 5.32. The zero-order valence-corrected chi connectivity index (χ0v) is 13.7. The molecule has 1 rings (SSSR count). The van der Waals surface area contributed by atoms with E-state index in [0.29, 0.717) is 19.5 Å². The van der Waals surface area contributed by atoms with Crippen molar-refractivity contribution in [2.45, 2.75) is 12.0 Å². The van der Waals surface area contributed by atoms with Crippen LogP contribution in [0.1, 0.15) is 12.0 Å². The van der Waals surface area contributed by atoms with Crippen LogP contribution in [0.4, 0.5) is 0 Å². The number of hydrogen-bond acceptors (Lipinski definition) is 5. The van der Waals surface area contributed by atoms with Crippen LogP contribution in [0.15, 0.2) is 30.3 Å². The fourth-order valence-electron chi connectivity index (χ4n) is 2.10. The van der Waals surface area contributed by atoms with Crippen molar-refractivity contribution >= 4 is 9.84 Å². The van der Waals surface area contributed by atoms with Crippen molar-refractivity contribution in [3.63, 3.8) is 0 Å². The molecule has 6 heteroatoms. The molecule has 116 valence electrons. The van der Waals surface area contributed by atoms with Crippen molar-refractivity contribution in [3.8, 4) is 6.07 Å². The summed E-state index contributed by atoms with van der Waals surface area (Å²) in [4.78, 5) is 1.94. The van der Waals surface area contributed by atoms with E-state index >= 15 is 0 Å². The zero-order chi connectivity index (χ0) is 15.9. The quantitative estimate of drug-likeness (QED) is 0.775. The second-order valence-corrected chi connectivity index (χ2v) is 7.58. The molecule has 0 heterocycles. The fourth-order valence-corrected chi connectivity index (χ4v) is 2.75. The molecular formula is C15H23N3O2S. The SMILES string of the molecule is CNC(C#N)(CCN(C)CCS(C)(=O)=O)c1ccccc1. The molecule has 21 heavy (non-hydrogen) atoms. The van der Waals surface area contributed by atoms with E-state index in [1.165, 1.54) is 6.26 Å². The Morgan fingerprint density at radius 2 is 1.90 bits per heavy atom. The highest BCUT2D eigenvalue weighted by Gasteiger charge is 2.30. The van der Waals surface area contributed by atoms with Gasteiger partial charge in [0.1, 0.15) is 15.4 Å². The van der Waals surface area contributed by atoms with Crippen LogP contribution in [-0.4, -0.2) is 52.5 Å². The standard InChI is InChI=1S/C15H23N3O2S/c1-17-15(13-16,14-7-5-4-6-8-14)9-10-18(2)11-12-21(3,19)20/h4-8,17H,9-12H2,1-3H3. The third-order valence-corrected chi connectivity index (χ3v) is 4.52.